The Morgan fingerprint density at radius 2 is 1.84 bits per heavy atom. The summed E-state index contributed by atoms with van der Waals surface area (Å²) in [5.41, 5.74) is 6.81. The topological polar surface area (TPSA) is 57.4 Å². The van der Waals surface area contributed by atoms with Crippen LogP contribution in [0, 0.1) is 0 Å². The van der Waals surface area contributed by atoms with Gasteiger partial charge in [-0.15, -0.1) is 0 Å². The summed E-state index contributed by atoms with van der Waals surface area (Å²) in [4.78, 5) is 3.97. The van der Waals surface area contributed by atoms with E-state index in [2.05, 4.69) is 4.98 Å². The number of hydrogen-bond donors (Lipinski definition) is 1. The summed E-state index contributed by atoms with van der Waals surface area (Å²) < 4.78 is 10.7. The molecule has 0 aliphatic rings. The Morgan fingerprint density at radius 1 is 1.11 bits per heavy atom. The van der Waals surface area contributed by atoms with E-state index in [1.807, 2.05) is 36.4 Å². The van der Waals surface area contributed by atoms with Crippen molar-refractivity contribution in [3.05, 3.63) is 48.2 Å². The van der Waals surface area contributed by atoms with Crippen molar-refractivity contribution in [1.29, 1.82) is 0 Å². The van der Waals surface area contributed by atoms with Crippen LogP contribution >= 0.6 is 0 Å². The number of ether oxygens (including phenoxy) is 2. The molecule has 19 heavy (non-hydrogen) atoms. The van der Waals surface area contributed by atoms with Crippen molar-refractivity contribution in [1.82, 2.24) is 4.98 Å². The summed E-state index contributed by atoms with van der Waals surface area (Å²) in [6, 6.07) is 11.5. The average molecular weight is 258 g/mol. The molecule has 0 radical (unpaired) electrons. The summed E-state index contributed by atoms with van der Waals surface area (Å²) in [7, 11) is 1.65. The van der Waals surface area contributed by atoms with Gasteiger partial charge in [-0.2, -0.15) is 0 Å². The van der Waals surface area contributed by atoms with E-state index in [1.165, 1.54) is 5.56 Å². The Kier molecular flexibility index (Phi) is 4.61. The van der Waals surface area contributed by atoms with Crippen LogP contribution in [0.3, 0.4) is 0 Å². The number of nitrogens with zero attached hydrogens (tertiary/aromatic N) is 1. The molecule has 4 nitrogen and oxygen atoms in total. The first-order valence-electron chi connectivity index (χ1n) is 6.25. The summed E-state index contributed by atoms with van der Waals surface area (Å²) >= 11 is 0. The lowest BCUT2D eigenvalue weighted by Gasteiger charge is -2.07. The van der Waals surface area contributed by atoms with E-state index in [1.54, 1.807) is 13.3 Å². The third-order valence-electron chi connectivity index (χ3n) is 2.78. The predicted molar refractivity (Wildman–Crippen MR) is 75.5 cm³/mol. The van der Waals surface area contributed by atoms with Crippen LogP contribution in [0.15, 0.2) is 42.6 Å². The number of rotatable bonds is 6. The zero-order chi connectivity index (χ0) is 13.5. The maximum absolute atomic E-state index is 5.66. The Morgan fingerprint density at radius 3 is 2.53 bits per heavy atom. The van der Waals surface area contributed by atoms with Gasteiger partial charge in [0.25, 0.3) is 0 Å². The lowest BCUT2D eigenvalue weighted by Crippen LogP contribution is -2.00. The molecule has 0 unspecified atom stereocenters. The molecule has 0 saturated carbocycles. The summed E-state index contributed by atoms with van der Waals surface area (Å²) in [6.07, 6.45) is 3.60. The highest BCUT2D eigenvalue weighted by Gasteiger charge is 1.97. The summed E-state index contributed by atoms with van der Waals surface area (Å²) in [5.74, 6) is 2.25. The normalized spacial score (nSPS) is 10.2. The van der Waals surface area contributed by atoms with Gasteiger partial charge in [0.1, 0.15) is 17.3 Å². The lowest BCUT2D eigenvalue weighted by atomic mass is 10.1. The Bertz CT molecular complexity index is 512. The van der Waals surface area contributed by atoms with Gasteiger partial charge in [0.05, 0.1) is 13.7 Å². The predicted octanol–water partition coefficient (Wildman–Crippen LogP) is 2.68. The molecule has 0 aliphatic heterocycles. The van der Waals surface area contributed by atoms with Crippen LogP contribution in [-0.2, 0) is 6.42 Å². The Balaban J connectivity index is 1.74. The van der Waals surface area contributed by atoms with E-state index in [4.69, 9.17) is 15.2 Å². The Hall–Kier alpha value is -2.23. The standard InChI is InChI=1S/C15H18N2O2/c1-18-13-4-6-14(7-5-13)19-10-2-3-12-8-9-17-15(16)11-12/h4-9,11H,2-3,10H2,1H3,(H2,16,17). The van der Waals surface area contributed by atoms with Gasteiger partial charge in [0, 0.05) is 6.20 Å². The van der Waals surface area contributed by atoms with Gasteiger partial charge in [-0.25, -0.2) is 4.98 Å². The monoisotopic (exact) mass is 258 g/mol. The van der Waals surface area contributed by atoms with Crippen LogP contribution in [-0.4, -0.2) is 18.7 Å². The van der Waals surface area contributed by atoms with Crippen LogP contribution in [0.5, 0.6) is 11.5 Å². The molecule has 1 heterocycles. The van der Waals surface area contributed by atoms with Gasteiger partial charge in [0.2, 0.25) is 0 Å². The van der Waals surface area contributed by atoms with Crippen molar-refractivity contribution < 1.29 is 9.47 Å². The van der Waals surface area contributed by atoms with Crippen molar-refractivity contribution in [2.24, 2.45) is 0 Å². The second-order valence-corrected chi connectivity index (χ2v) is 4.22. The smallest absolute Gasteiger partial charge is 0.123 e. The fourth-order valence-corrected chi connectivity index (χ4v) is 1.79. The molecule has 2 aromatic rings. The zero-order valence-corrected chi connectivity index (χ0v) is 11.0. The number of nitrogen functional groups attached to an aromatic ring is 1. The second kappa shape index (κ2) is 6.64. The van der Waals surface area contributed by atoms with Gasteiger partial charge in [-0.3, -0.25) is 0 Å². The van der Waals surface area contributed by atoms with Gasteiger partial charge >= 0.3 is 0 Å². The van der Waals surface area contributed by atoms with Crippen LogP contribution in [0.4, 0.5) is 5.82 Å². The summed E-state index contributed by atoms with van der Waals surface area (Å²) in [6.45, 7) is 0.675. The van der Waals surface area contributed by atoms with E-state index in [9.17, 15) is 0 Å². The molecule has 0 aliphatic carbocycles. The number of pyridine rings is 1. The highest BCUT2D eigenvalue weighted by molar-refractivity contribution is 5.32. The fraction of sp³-hybridized carbons (Fsp3) is 0.267. The summed E-state index contributed by atoms with van der Waals surface area (Å²) in [5, 5.41) is 0. The van der Waals surface area contributed by atoms with Crippen LogP contribution in [0.2, 0.25) is 0 Å². The van der Waals surface area contributed by atoms with Crippen LogP contribution < -0.4 is 15.2 Å². The maximum Gasteiger partial charge on any atom is 0.123 e. The molecule has 0 fully saturated rings. The SMILES string of the molecule is COc1ccc(OCCCc2ccnc(N)c2)cc1. The number of benzene rings is 1. The van der Waals surface area contributed by atoms with Gasteiger partial charge in [0.15, 0.2) is 0 Å². The van der Waals surface area contributed by atoms with Gasteiger partial charge < -0.3 is 15.2 Å². The van der Waals surface area contributed by atoms with E-state index < -0.39 is 0 Å². The minimum atomic E-state index is 0.563. The maximum atomic E-state index is 5.66. The quantitative estimate of drug-likeness (QED) is 0.809. The highest BCUT2D eigenvalue weighted by Crippen LogP contribution is 2.17. The van der Waals surface area contributed by atoms with Gasteiger partial charge in [-0.05, 0) is 54.8 Å². The number of methoxy groups -OCH3 is 1. The number of anilines is 1. The molecule has 0 spiro atoms. The van der Waals surface area contributed by atoms with Crippen molar-refractivity contribution >= 4 is 5.82 Å². The molecule has 100 valence electrons. The van der Waals surface area contributed by atoms with Crippen LogP contribution in [0.1, 0.15) is 12.0 Å². The lowest BCUT2D eigenvalue weighted by molar-refractivity contribution is 0.310. The van der Waals surface area contributed by atoms with E-state index in [0.717, 1.165) is 24.3 Å². The third-order valence-corrected chi connectivity index (χ3v) is 2.78. The molecule has 1 aromatic carbocycles. The molecule has 0 bridgehead atoms. The molecule has 2 N–H and O–H groups in total. The molecular weight excluding hydrogens is 240 g/mol. The number of hydrogen-bond acceptors (Lipinski definition) is 4. The van der Waals surface area contributed by atoms with Gasteiger partial charge in [-0.1, -0.05) is 0 Å². The average Bonchev–Trinajstić information content (AvgIpc) is 2.44. The number of nitrogens with two attached hydrogens (primary N) is 1. The highest BCUT2D eigenvalue weighted by atomic mass is 16.5. The molecule has 1 aromatic heterocycles. The second-order valence-electron chi connectivity index (χ2n) is 4.22. The first-order chi connectivity index (χ1) is 9.28. The van der Waals surface area contributed by atoms with E-state index in [0.29, 0.717) is 12.4 Å². The van der Waals surface area contributed by atoms with E-state index in [-0.39, 0.29) is 0 Å². The molecule has 2 rings (SSSR count). The van der Waals surface area contributed by atoms with Crippen molar-refractivity contribution in [3.8, 4) is 11.5 Å². The third kappa shape index (κ3) is 4.17. The first-order valence-corrected chi connectivity index (χ1v) is 6.25. The molecular formula is C15H18N2O2. The molecule has 0 amide bonds. The fourth-order valence-electron chi connectivity index (χ4n) is 1.79. The zero-order valence-electron chi connectivity index (χ0n) is 11.0. The van der Waals surface area contributed by atoms with Crippen LogP contribution in [0.25, 0.3) is 0 Å². The van der Waals surface area contributed by atoms with Crippen molar-refractivity contribution in [3.63, 3.8) is 0 Å². The molecule has 0 atom stereocenters. The van der Waals surface area contributed by atoms with Crippen molar-refractivity contribution in [2.75, 3.05) is 19.5 Å². The van der Waals surface area contributed by atoms with Crippen molar-refractivity contribution in [2.45, 2.75) is 12.8 Å². The number of aromatic nitrogens is 1. The minimum Gasteiger partial charge on any atom is -0.497 e. The Labute approximate surface area is 113 Å². The number of aryl methyl sites for hydroxylation is 1. The molecule has 4 heteroatoms. The minimum absolute atomic E-state index is 0.563. The van der Waals surface area contributed by atoms with E-state index >= 15 is 0 Å². The molecule has 0 saturated heterocycles. The largest absolute Gasteiger partial charge is 0.497 e. The first kappa shape index (κ1) is 13.2.